The van der Waals surface area contributed by atoms with Crippen LogP contribution in [0, 0.1) is 13.8 Å². The van der Waals surface area contributed by atoms with E-state index < -0.39 is 0 Å². The molecular weight excluding hydrogens is 354 g/mol. The highest BCUT2D eigenvalue weighted by Crippen LogP contribution is 2.25. The van der Waals surface area contributed by atoms with Crippen molar-refractivity contribution in [1.29, 1.82) is 0 Å². The summed E-state index contributed by atoms with van der Waals surface area (Å²) in [7, 11) is 0. The van der Waals surface area contributed by atoms with Gasteiger partial charge < -0.3 is 10.6 Å². The molecule has 2 N–H and O–H groups in total. The Balaban J connectivity index is 1.36. The standard InChI is InChI=1S/C20H23N7O/c1-13-3-8-20(28)27(26-13)17-6-7-18(23-11-17)24-15-4-5-16(9-15)25-19-12-21-14(2)10-22-19/h3,6-8,10-12,15-16H,4-5,9H2,1-2H3,(H,22,25)(H,23,24)/t15-,16-/m0/s1. The molecule has 0 spiro atoms. The predicted octanol–water partition coefficient (Wildman–Crippen LogP) is 2.48. The molecule has 1 aliphatic rings. The van der Waals surface area contributed by atoms with Crippen LogP contribution in [0.4, 0.5) is 11.6 Å². The second-order valence-corrected chi connectivity index (χ2v) is 7.16. The van der Waals surface area contributed by atoms with Gasteiger partial charge in [0, 0.05) is 18.2 Å². The quantitative estimate of drug-likeness (QED) is 0.705. The minimum Gasteiger partial charge on any atom is -0.367 e. The fraction of sp³-hybridized carbons (Fsp3) is 0.350. The molecule has 0 aliphatic heterocycles. The van der Waals surface area contributed by atoms with Gasteiger partial charge in [-0.25, -0.2) is 9.97 Å². The van der Waals surface area contributed by atoms with Crippen molar-refractivity contribution < 1.29 is 0 Å². The van der Waals surface area contributed by atoms with Gasteiger partial charge in [0.2, 0.25) is 0 Å². The zero-order valence-corrected chi connectivity index (χ0v) is 16.0. The molecule has 0 amide bonds. The van der Waals surface area contributed by atoms with Gasteiger partial charge in [-0.2, -0.15) is 9.78 Å². The van der Waals surface area contributed by atoms with E-state index in [0.29, 0.717) is 17.8 Å². The predicted molar refractivity (Wildman–Crippen MR) is 108 cm³/mol. The van der Waals surface area contributed by atoms with Crippen LogP contribution >= 0.6 is 0 Å². The van der Waals surface area contributed by atoms with Crippen LogP contribution in [0.25, 0.3) is 5.69 Å². The number of anilines is 2. The third kappa shape index (κ3) is 4.16. The number of pyridine rings is 1. The van der Waals surface area contributed by atoms with Gasteiger partial charge in [0.25, 0.3) is 5.56 Å². The lowest BCUT2D eigenvalue weighted by molar-refractivity contribution is 0.719. The molecule has 0 saturated heterocycles. The molecule has 144 valence electrons. The van der Waals surface area contributed by atoms with Crippen molar-refractivity contribution >= 4 is 11.6 Å². The summed E-state index contributed by atoms with van der Waals surface area (Å²) < 4.78 is 1.37. The summed E-state index contributed by atoms with van der Waals surface area (Å²) in [5.41, 5.74) is 2.18. The molecule has 3 aromatic rings. The molecule has 3 aromatic heterocycles. The monoisotopic (exact) mass is 377 g/mol. The number of hydrogen-bond donors (Lipinski definition) is 2. The maximum atomic E-state index is 12.0. The van der Waals surface area contributed by atoms with Crippen molar-refractivity contribution in [1.82, 2.24) is 24.7 Å². The number of rotatable bonds is 5. The van der Waals surface area contributed by atoms with E-state index in [1.165, 1.54) is 10.7 Å². The van der Waals surface area contributed by atoms with E-state index in [1.807, 2.05) is 26.0 Å². The number of nitrogens with one attached hydrogen (secondary N) is 2. The summed E-state index contributed by atoms with van der Waals surface area (Å²) >= 11 is 0. The highest BCUT2D eigenvalue weighted by Gasteiger charge is 2.25. The van der Waals surface area contributed by atoms with Crippen molar-refractivity contribution in [2.75, 3.05) is 10.6 Å². The first kappa shape index (κ1) is 18.1. The number of aromatic nitrogens is 5. The second kappa shape index (κ2) is 7.75. The fourth-order valence-corrected chi connectivity index (χ4v) is 3.41. The van der Waals surface area contributed by atoms with Gasteiger partial charge in [0.1, 0.15) is 11.6 Å². The molecule has 0 bridgehead atoms. The Morgan fingerprint density at radius 3 is 2.29 bits per heavy atom. The summed E-state index contributed by atoms with van der Waals surface area (Å²) in [5, 5.41) is 11.2. The maximum absolute atomic E-state index is 12.0. The molecule has 4 rings (SSSR count). The zero-order valence-electron chi connectivity index (χ0n) is 16.0. The molecule has 1 aliphatic carbocycles. The topological polar surface area (TPSA) is 97.6 Å². The molecule has 8 nitrogen and oxygen atoms in total. The fourth-order valence-electron chi connectivity index (χ4n) is 3.41. The van der Waals surface area contributed by atoms with Gasteiger partial charge in [-0.3, -0.25) is 9.78 Å². The van der Waals surface area contributed by atoms with Crippen molar-refractivity contribution in [2.24, 2.45) is 0 Å². The Kier molecular flexibility index (Phi) is 5.01. The molecule has 0 radical (unpaired) electrons. The third-order valence-electron chi connectivity index (χ3n) is 4.84. The minimum absolute atomic E-state index is 0.169. The molecule has 2 atom stereocenters. The van der Waals surface area contributed by atoms with Crippen molar-refractivity contribution in [2.45, 2.75) is 45.2 Å². The smallest absolute Gasteiger partial charge is 0.271 e. The van der Waals surface area contributed by atoms with Crippen LogP contribution in [0.3, 0.4) is 0 Å². The lowest BCUT2D eigenvalue weighted by atomic mass is 10.2. The third-order valence-corrected chi connectivity index (χ3v) is 4.84. The van der Waals surface area contributed by atoms with Crippen LogP contribution in [0.1, 0.15) is 30.7 Å². The molecule has 1 fully saturated rings. The highest BCUT2D eigenvalue weighted by molar-refractivity contribution is 5.42. The lowest BCUT2D eigenvalue weighted by Gasteiger charge is -2.15. The van der Waals surface area contributed by atoms with Gasteiger partial charge in [-0.15, -0.1) is 0 Å². The van der Waals surface area contributed by atoms with Gasteiger partial charge in [-0.05, 0) is 51.3 Å². The molecule has 3 heterocycles. The number of hydrogen-bond acceptors (Lipinski definition) is 7. The zero-order chi connectivity index (χ0) is 19.5. The minimum atomic E-state index is -0.169. The highest BCUT2D eigenvalue weighted by atomic mass is 16.1. The summed E-state index contributed by atoms with van der Waals surface area (Å²) in [6.07, 6.45) is 8.32. The van der Waals surface area contributed by atoms with Gasteiger partial charge >= 0.3 is 0 Å². The Hall–Kier alpha value is -3.29. The van der Waals surface area contributed by atoms with E-state index in [4.69, 9.17) is 0 Å². The first-order valence-corrected chi connectivity index (χ1v) is 9.42. The van der Waals surface area contributed by atoms with Crippen LogP contribution in [0.2, 0.25) is 0 Å². The Morgan fingerprint density at radius 2 is 1.61 bits per heavy atom. The average molecular weight is 377 g/mol. The second-order valence-electron chi connectivity index (χ2n) is 7.16. The normalized spacial score (nSPS) is 18.8. The van der Waals surface area contributed by atoms with Crippen molar-refractivity contribution in [3.63, 3.8) is 0 Å². The van der Waals surface area contributed by atoms with E-state index in [1.54, 1.807) is 24.7 Å². The van der Waals surface area contributed by atoms with Crippen molar-refractivity contribution in [3.8, 4) is 5.69 Å². The first-order valence-electron chi connectivity index (χ1n) is 9.42. The van der Waals surface area contributed by atoms with E-state index in [-0.39, 0.29) is 5.56 Å². The van der Waals surface area contributed by atoms with Crippen molar-refractivity contribution in [3.05, 3.63) is 64.6 Å². The van der Waals surface area contributed by atoms with E-state index in [9.17, 15) is 4.79 Å². The summed E-state index contributed by atoms with van der Waals surface area (Å²) in [6.45, 7) is 3.78. The molecule has 0 aromatic carbocycles. The largest absolute Gasteiger partial charge is 0.367 e. The molecule has 8 heteroatoms. The molecule has 1 saturated carbocycles. The summed E-state index contributed by atoms with van der Waals surface area (Å²) in [6, 6.07) is 7.67. The van der Waals surface area contributed by atoms with Crippen LogP contribution in [-0.4, -0.2) is 36.8 Å². The first-order chi connectivity index (χ1) is 13.6. The lowest BCUT2D eigenvalue weighted by Crippen LogP contribution is -2.22. The summed E-state index contributed by atoms with van der Waals surface area (Å²) in [5.74, 6) is 1.61. The maximum Gasteiger partial charge on any atom is 0.271 e. The van der Waals surface area contributed by atoms with E-state index >= 15 is 0 Å². The van der Waals surface area contributed by atoms with Gasteiger partial charge in [-0.1, -0.05) is 0 Å². The average Bonchev–Trinajstić information content (AvgIpc) is 3.13. The van der Waals surface area contributed by atoms with Gasteiger partial charge in [0.05, 0.1) is 35.7 Å². The van der Waals surface area contributed by atoms with Crippen LogP contribution < -0.4 is 16.2 Å². The molecule has 28 heavy (non-hydrogen) atoms. The van der Waals surface area contributed by atoms with Gasteiger partial charge in [0.15, 0.2) is 0 Å². The SMILES string of the molecule is Cc1cnc(N[C@H]2CC[C@H](Nc3ccc(-n4nc(C)ccc4=O)cn3)C2)cn1. The van der Waals surface area contributed by atoms with E-state index in [0.717, 1.165) is 42.3 Å². The number of aryl methyl sites for hydroxylation is 2. The van der Waals surface area contributed by atoms with E-state index in [2.05, 4.69) is 30.7 Å². The summed E-state index contributed by atoms with van der Waals surface area (Å²) in [4.78, 5) is 25.1. The van der Waals surface area contributed by atoms with Crippen LogP contribution in [-0.2, 0) is 0 Å². The van der Waals surface area contributed by atoms with Crippen LogP contribution in [0.15, 0.2) is 47.7 Å². The Bertz CT molecular complexity index is 998. The molecular formula is C20H23N7O. The number of nitrogens with zero attached hydrogens (tertiary/aromatic N) is 5. The Morgan fingerprint density at radius 1 is 0.857 bits per heavy atom. The van der Waals surface area contributed by atoms with Crippen LogP contribution in [0.5, 0.6) is 0 Å². The molecule has 0 unspecified atom stereocenters. The Labute approximate surface area is 163 Å².